The summed E-state index contributed by atoms with van der Waals surface area (Å²) >= 11 is 0. The van der Waals surface area contributed by atoms with Crippen LogP contribution in [-0.4, -0.2) is 58.4 Å². The second-order valence-corrected chi connectivity index (χ2v) is 4.70. The van der Waals surface area contributed by atoms with E-state index in [2.05, 4.69) is 0 Å². The number of amides is 1. The number of carboxylic acids is 1. The molecule has 0 aromatic heterocycles. The number of carbonyl (C=O) groups excluding carboxylic acids is 1. The zero-order chi connectivity index (χ0) is 14.9. The lowest BCUT2D eigenvalue weighted by molar-refractivity contribution is -0.142. The third kappa shape index (κ3) is 2.67. The molecule has 0 radical (unpaired) electrons. The van der Waals surface area contributed by atoms with E-state index in [1.807, 2.05) is 0 Å². The van der Waals surface area contributed by atoms with E-state index in [-0.39, 0.29) is 30.3 Å². The molecule has 0 bridgehead atoms. The van der Waals surface area contributed by atoms with Gasteiger partial charge >= 0.3 is 5.97 Å². The lowest BCUT2D eigenvalue weighted by atomic mass is 10.0. The first kappa shape index (κ1) is 14.1. The fraction of sp³-hybridized carbons (Fsp3) is 0.385. The Balaban J connectivity index is 2.22. The van der Waals surface area contributed by atoms with Crippen LogP contribution < -0.4 is 0 Å². The number of ether oxygens (including phenoxy) is 1. The van der Waals surface area contributed by atoms with Crippen molar-refractivity contribution in [2.45, 2.75) is 6.04 Å². The standard InChI is InChI=1S/C13H15NO6/c1-14(11-6-20-5-10(11)13(18)19)12(17)7-2-8(15)4-9(16)3-7/h2-4,10-11,15-16H,5-6H2,1H3,(H,18,19). The molecule has 1 aromatic carbocycles. The highest BCUT2D eigenvalue weighted by atomic mass is 16.5. The lowest BCUT2D eigenvalue weighted by Gasteiger charge is -2.26. The first-order chi connectivity index (χ1) is 9.40. The Kier molecular flexibility index (Phi) is 3.80. The zero-order valence-corrected chi connectivity index (χ0v) is 10.8. The van der Waals surface area contributed by atoms with Gasteiger partial charge in [0, 0.05) is 18.7 Å². The van der Waals surface area contributed by atoms with E-state index in [1.165, 1.54) is 24.1 Å². The van der Waals surface area contributed by atoms with Crippen LogP contribution in [0, 0.1) is 5.92 Å². The number of aromatic hydroxyl groups is 2. The first-order valence-corrected chi connectivity index (χ1v) is 6.01. The number of benzene rings is 1. The van der Waals surface area contributed by atoms with Crippen LogP contribution in [0.5, 0.6) is 11.5 Å². The zero-order valence-electron chi connectivity index (χ0n) is 10.8. The molecule has 7 nitrogen and oxygen atoms in total. The van der Waals surface area contributed by atoms with Crippen LogP contribution in [0.3, 0.4) is 0 Å². The van der Waals surface area contributed by atoms with Crippen molar-refractivity contribution in [1.29, 1.82) is 0 Å². The molecular formula is C13H15NO6. The Labute approximate surface area is 115 Å². The molecule has 1 fully saturated rings. The van der Waals surface area contributed by atoms with Gasteiger partial charge in [-0.15, -0.1) is 0 Å². The molecule has 0 aliphatic carbocycles. The van der Waals surface area contributed by atoms with Crippen molar-refractivity contribution in [3.8, 4) is 11.5 Å². The van der Waals surface area contributed by atoms with Gasteiger partial charge in [-0.25, -0.2) is 0 Å². The van der Waals surface area contributed by atoms with Gasteiger partial charge in [0.1, 0.15) is 17.4 Å². The van der Waals surface area contributed by atoms with Crippen molar-refractivity contribution in [3.63, 3.8) is 0 Å². The maximum atomic E-state index is 12.3. The normalized spacial score (nSPS) is 21.6. The molecule has 2 atom stereocenters. The number of likely N-dealkylation sites (N-methyl/N-ethyl adjacent to an activating group) is 1. The van der Waals surface area contributed by atoms with E-state index in [0.29, 0.717) is 0 Å². The summed E-state index contributed by atoms with van der Waals surface area (Å²) < 4.78 is 5.11. The first-order valence-electron chi connectivity index (χ1n) is 6.01. The number of rotatable bonds is 3. The molecule has 20 heavy (non-hydrogen) atoms. The van der Waals surface area contributed by atoms with Crippen molar-refractivity contribution in [2.24, 2.45) is 5.92 Å². The Morgan fingerprint density at radius 3 is 2.35 bits per heavy atom. The van der Waals surface area contributed by atoms with Gasteiger partial charge in [-0.3, -0.25) is 9.59 Å². The fourth-order valence-corrected chi connectivity index (χ4v) is 2.23. The topological polar surface area (TPSA) is 107 Å². The molecule has 0 spiro atoms. The molecular weight excluding hydrogens is 266 g/mol. The number of nitrogens with zero attached hydrogens (tertiary/aromatic N) is 1. The summed E-state index contributed by atoms with van der Waals surface area (Å²) in [7, 11) is 1.47. The summed E-state index contributed by atoms with van der Waals surface area (Å²) in [6, 6.07) is 2.95. The summed E-state index contributed by atoms with van der Waals surface area (Å²) in [4.78, 5) is 24.6. The second-order valence-electron chi connectivity index (χ2n) is 4.70. The van der Waals surface area contributed by atoms with Crippen molar-refractivity contribution in [2.75, 3.05) is 20.3 Å². The van der Waals surface area contributed by atoms with Crippen LogP contribution in [0.25, 0.3) is 0 Å². The minimum atomic E-state index is -1.02. The van der Waals surface area contributed by atoms with Gasteiger partial charge in [-0.05, 0) is 12.1 Å². The summed E-state index contributed by atoms with van der Waals surface area (Å²) in [5.74, 6) is -2.77. The van der Waals surface area contributed by atoms with E-state index < -0.39 is 23.8 Å². The highest BCUT2D eigenvalue weighted by molar-refractivity contribution is 5.95. The van der Waals surface area contributed by atoms with Gasteiger partial charge in [0.25, 0.3) is 5.91 Å². The fourth-order valence-electron chi connectivity index (χ4n) is 2.23. The largest absolute Gasteiger partial charge is 0.508 e. The molecule has 0 saturated carbocycles. The number of phenols is 2. The molecule has 3 N–H and O–H groups in total. The number of carbonyl (C=O) groups is 2. The Bertz CT molecular complexity index is 523. The van der Waals surface area contributed by atoms with Gasteiger partial charge in [-0.1, -0.05) is 0 Å². The van der Waals surface area contributed by atoms with E-state index in [0.717, 1.165) is 6.07 Å². The lowest BCUT2D eigenvalue weighted by Crippen LogP contribution is -2.44. The van der Waals surface area contributed by atoms with E-state index >= 15 is 0 Å². The number of carboxylic acid groups (broad SMARTS) is 1. The van der Waals surface area contributed by atoms with Gasteiger partial charge < -0.3 is 25.0 Å². The maximum Gasteiger partial charge on any atom is 0.311 e. The number of hydrogen-bond donors (Lipinski definition) is 3. The molecule has 1 heterocycles. The van der Waals surface area contributed by atoms with E-state index in [9.17, 15) is 19.8 Å². The van der Waals surface area contributed by atoms with Crippen molar-refractivity contribution in [1.82, 2.24) is 4.90 Å². The monoisotopic (exact) mass is 281 g/mol. The predicted molar refractivity (Wildman–Crippen MR) is 67.6 cm³/mol. The third-order valence-corrected chi connectivity index (χ3v) is 3.33. The maximum absolute atomic E-state index is 12.3. The van der Waals surface area contributed by atoms with E-state index in [1.54, 1.807) is 0 Å². The van der Waals surface area contributed by atoms with E-state index in [4.69, 9.17) is 9.84 Å². The molecule has 1 saturated heterocycles. The van der Waals surface area contributed by atoms with Gasteiger partial charge in [-0.2, -0.15) is 0 Å². The SMILES string of the molecule is CN(C(=O)c1cc(O)cc(O)c1)C1COCC1C(=O)O. The van der Waals surface area contributed by atoms with Crippen LogP contribution in [0.1, 0.15) is 10.4 Å². The quantitative estimate of drug-likeness (QED) is 0.734. The summed E-state index contributed by atoms with van der Waals surface area (Å²) in [5, 5.41) is 27.8. The van der Waals surface area contributed by atoms with Gasteiger partial charge in [0.05, 0.1) is 19.3 Å². The molecule has 108 valence electrons. The Morgan fingerprint density at radius 2 is 1.80 bits per heavy atom. The van der Waals surface area contributed by atoms with Crippen LogP contribution in [0.15, 0.2) is 18.2 Å². The Morgan fingerprint density at radius 1 is 1.20 bits per heavy atom. The van der Waals surface area contributed by atoms with Crippen LogP contribution in [-0.2, 0) is 9.53 Å². The number of phenolic OH excluding ortho intramolecular Hbond substituents is 2. The highest BCUT2D eigenvalue weighted by Crippen LogP contribution is 2.24. The van der Waals surface area contributed by atoms with Crippen LogP contribution in [0.4, 0.5) is 0 Å². The molecule has 1 aliphatic heterocycles. The highest BCUT2D eigenvalue weighted by Gasteiger charge is 2.38. The summed E-state index contributed by atoms with van der Waals surface area (Å²) in [5.41, 5.74) is 0.0843. The third-order valence-electron chi connectivity index (χ3n) is 3.33. The number of aliphatic carboxylic acids is 1. The number of hydrogen-bond acceptors (Lipinski definition) is 5. The second kappa shape index (κ2) is 5.38. The molecule has 2 unspecified atom stereocenters. The van der Waals surface area contributed by atoms with Gasteiger partial charge in [0.2, 0.25) is 0 Å². The van der Waals surface area contributed by atoms with Crippen molar-refractivity contribution < 1.29 is 29.6 Å². The summed E-state index contributed by atoms with van der Waals surface area (Å²) in [6.07, 6.45) is 0. The predicted octanol–water partition coefficient (Wildman–Crippen LogP) is 0.269. The van der Waals surface area contributed by atoms with Crippen LogP contribution >= 0.6 is 0 Å². The molecule has 1 aromatic rings. The molecule has 7 heteroatoms. The average Bonchev–Trinajstić information content (AvgIpc) is 2.85. The van der Waals surface area contributed by atoms with Crippen LogP contribution in [0.2, 0.25) is 0 Å². The minimum absolute atomic E-state index is 0.0584. The van der Waals surface area contributed by atoms with Gasteiger partial charge in [0.15, 0.2) is 0 Å². The molecule has 1 amide bonds. The van der Waals surface area contributed by atoms with Crippen molar-refractivity contribution in [3.05, 3.63) is 23.8 Å². The smallest absolute Gasteiger partial charge is 0.311 e. The van der Waals surface area contributed by atoms with Crippen molar-refractivity contribution >= 4 is 11.9 Å². The summed E-state index contributed by atoms with van der Waals surface area (Å²) in [6.45, 7) is 0.201. The average molecular weight is 281 g/mol. The Hall–Kier alpha value is -2.28. The minimum Gasteiger partial charge on any atom is -0.508 e. The molecule has 1 aliphatic rings. The molecule has 2 rings (SSSR count).